The first kappa shape index (κ1) is 15.3. The minimum Gasteiger partial charge on any atom is -0.296 e. The van der Waals surface area contributed by atoms with Gasteiger partial charge in [-0.2, -0.15) is 13.2 Å². The van der Waals surface area contributed by atoms with Gasteiger partial charge in [0.2, 0.25) is 0 Å². The lowest BCUT2D eigenvalue weighted by Gasteiger charge is -2.25. The highest BCUT2D eigenvalue weighted by atomic mass is 35.5. The van der Waals surface area contributed by atoms with Crippen LogP contribution in [-0.2, 0) is 12.7 Å². The van der Waals surface area contributed by atoms with Crippen molar-refractivity contribution in [2.24, 2.45) is 0 Å². The van der Waals surface area contributed by atoms with Crippen LogP contribution in [0.4, 0.5) is 13.2 Å². The topological polar surface area (TPSA) is 3.24 Å². The zero-order valence-corrected chi connectivity index (χ0v) is 11.2. The summed E-state index contributed by atoms with van der Waals surface area (Å²) in [4.78, 5) is 2.12. The van der Waals surface area contributed by atoms with Crippen LogP contribution in [0.1, 0.15) is 25.0 Å². The third-order valence-corrected chi connectivity index (χ3v) is 2.94. The van der Waals surface area contributed by atoms with Gasteiger partial charge in [-0.15, -0.1) is 11.6 Å². The van der Waals surface area contributed by atoms with Crippen LogP contribution in [0.15, 0.2) is 24.3 Å². The molecule has 0 fully saturated rings. The quantitative estimate of drug-likeness (QED) is 0.732. The molecule has 5 heteroatoms. The third kappa shape index (κ3) is 4.50. The van der Waals surface area contributed by atoms with Gasteiger partial charge >= 0.3 is 6.18 Å². The molecule has 1 rings (SSSR count). The molecule has 0 unspecified atom stereocenters. The van der Waals surface area contributed by atoms with E-state index >= 15 is 0 Å². The molecular weight excluding hydrogens is 263 g/mol. The maximum atomic E-state index is 12.4. The second-order valence-corrected chi connectivity index (χ2v) is 4.83. The van der Waals surface area contributed by atoms with Gasteiger partial charge < -0.3 is 0 Å². The summed E-state index contributed by atoms with van der Waals surface area (Å²) in [5, 5.41) is 0. The predicted octanol–water partition coefficient (Wildman–Crippen LogP) is 4.15. The van der Waals surface area contributed by atoms with Crippen LogP contribution >= 0.6 is 11.6 Å². The van der Waals surface area contributed by atoms with Crippen molar-refractivity contribution in [3.05, 3.63) is 35.4 Å². The van der Waals surface area contributed by atoms with E-state index in [2.05, 4.69) is 4.90 Å². The van der Waals surface area contributed by atoms with Crippen LogP contribution in [0.3, 0.4) is 0 Å². The van der Waals surface area contributed by atoms with Crippen molar-refractivity contribution in [1.82, 2.24) is 4.90 Å². The van der Waals surface area contributed by atoms with Gasteiger partial charge in [-0.1, -0.05) is 12.1 Å². The lowest BCUT2D eigenvalue weighted by Crippen LogP contribution is -2.32. The molecule has 1 aromatic rings. The minimum atomic E-state index is -4.27. The molecule has 1 aromatic carbocycles. The van der Waals surface area contributed by atoms with Crippen LogP contribution in [0.2, 0.25) is 0 Å². The van der Waals surface area contributed by atoms with Gasteiger partial charge in [0.05, 0.1) is 5.56 Å². The van der Waals surface area contributed by atoms with E-state index in [0.717, 1.165) is 24.2 Å². The Balaban J connectivity index is 2.73. The SMILES string of the molecule is CC(C)N(CCCl)Cc1ccc(C(F)(F)F)cc1. The van der Waals surface area contributed by atoms with Crippen molar-refractivity contribution in [3.63, 3.8) is 0 Å². The van der Waals surface area contributed by atoms with Gasteiger partial charge in [0.15, 0.2) is 0 Å². The average molecular weight is 280 g/mol. The van der Waals surface area contributed by atoms with Crippen molar-refractivity contribution in [2.45, 2.75) is 32.6 Å². The summed E-state index contributed by atoms with van der Waals surface area (Å²) in [6, 6.07) is 5.59. The maximum absolute atomic E-state index is 12.4. The Bertz CT molecular complexity index is 359. The number of hydrogen-bond donors (Lipinski definition) is 0. The molecule has 0 atom stereocenters. The van der Waals surface area contributed by atoms with Crippen molar-refractivity contribution in [1.29, 1.82) is 0 Å². The summed E-state index contributed by atoms with van der Waals surface area (Å²) in [6.45, 7) is 5.41. The van der Waals surface area contributed by atoms with Crippen LogP contribution in [-0.4, -0.2) is 23.4 Å². The zero-order chi connectivity index (χ0) is 13.8. The molecule has 0 saturated heterocycles. The van der Waals surface area contributed by atoms with E-state index in [-0.39, 0.29) is 0 Å². The summed E-state index contributed by atoms with van der Waals surface area (Å²) < 4.78 is 37.2. The highest BCUT2D eigenvalue weighted by molar-refractivity contribution is 6.18. The summed E-state index contributed by atoms with van der Waals surface area (Å²) in [5.41, 5.74) is 0.251. The van der Waals surface area contributed by atoms with Crippen LogP contribution in [0, 0.1) is 0 Å². The van der Waals surface area contributed by atoms with Gasteiger partial charge in [-0.3, -0.25) is 4.90 Å². The highest BCUT2D eigenvalue weighted by Crippen LogP contribution is 2.29. The van der Waals surface area contributed by atoms with Gasteiger partial charge in [-0.05, 0) is 31.5 Å². The van der Waals surface area contributed by atoms with E-state index in [4.69, 9.17) is 11.6 Å². The fourth-order valence-corrected chi connectivity index (χ4v) is 1.88. The summed E-state index contributed by atoms with van der Waals surface area (Å²) in [5.74, 6) is 0.513. The molecule has 0 radical (unpaired) electrons. The van der Waals surface area contributed by atoms with E-state index in [1.165, 1.54) is 12.1 Å². The molecule has 0 heterocycles. The summed E-state index contributed by atoms with van der Waals surface area (Å²) in [6.07, 6.45) is -4.27. The Kier molecular flexibility index (Phi) is 5.47. The standard InChI is InChI=1S/C13H17ClF3N/c1-10(2)18(8-7-14)9-11-3-5-12(6-4-11)13(15,16)17/h3-6,10H,7-9H2,1-2H3. The molecule has 0 spiro atoms. The Morgan fingerprint density at radius 1 is 1.17 bits per heavy atom. The predicted molar refractivity (Wildman–Crippen MR) is 67.7 cm³/mol. The first-order chi connectivity index (χ1) is 8.34. The smallest absolute Gasteiger partial charge is 0.296 e. The molecular formula is C13H17ClF3N. The number of benzene rings is 1. The minimum absolute atomic E-state index is 0.311. The molecule has 0 aliphatic carbocycles. The molecule has 0 N–H and O–H groups in total. The van der Waals surface area contributed by atoms with Crippen LogP contribution < -0.4 is 0 Å². The van der Waals surface area contributed by atoms with Gasteiger partial charge in [0.1, 0.15) is 0 Å². The highest BCUT2D eigenvalue weighted by Gasteiger charge is 2.29. The Hall–Kier alpha value is -0.740. The number of halogens is 4. The number of rotatable bonds is 5. The lowest BCUT2D eigenvalue weighted by molar-refractivity contribution is -0.137. The van der Waals surface area contributed by atoms with Crippen molar-refractivity contribution >= 4 is 11.6 Å². The summed E-state index contributed by atoms with van der Waals surface area (Å²) in [7, 11) is 0. The Morgan fingerprint density at radius 3 is 2.11 bits per heavy atom. The molecule has 0 bridgehead atoms. The zero-order valence-electron chi connectivity index (χ0n) is 10.5. The Morgan fingerprint density at radius 2 is 1.72 bits per heavy atom. The molecule has 102 valence electrons. The second kappa shape index (κ2) is 6.43. The lowest BCUT2D eigenvalue weighted by atomic mass is 10.1. The van der Waals surface area contributed by atoms with Gasteiger partial charge in [0, 0.05) is 25.0 Å². The average Bonchev–Trinajstić information content (AvgIpc) is 2.28. The van der Waals surface area contributed by atoms with E-state index < -0.39 is 11.7 Å². The van der Waals surface area contributed by atoms with Crippen LogP contribution in [0.5, 0.6) is 0 Å². The fourth-order valence-electron chi connectivity index (χ4n) is 1.66. The number of hydrogen-bond acceptors (Lipinski definition) is 1. The fraction of sp³-hybridized carbons (Fsp3) is 0.538. The van der Waals surface area contributed by atoms with Crippen molar-refractivity contribution in [2.75, 3.05) is 12.4 Å². The third-order valence-electron chi connectivity index (χ3n) is 2.77. The summed E-state index contributed by atoms with van der Waals surface area (Å²) >= 11 is 5.70. The van der Waals surface area contributed by atoms with E-state index in [0.29, 0.717) is 18.5 Å². The van der Waals surface area contributed by atoms with Gasteiger partial charge in [-0.25, -0.2) is 0 Å². The molecule has 0 aliphatic heterocycles. The largest absolute Gasteiger partial charge is 0.416 e. The number of alkyl halides is 4. The molecule has 0 saturated carbocycles. The maximum Gasteiger partial charge on any atom is 0.416 e. The molecule has 0 amide bonds. The first-order valence-electron chi connectivity index (χ1n) is 5.80. The molecule has 18 heavy (non-hydrogen) atoms. The molecule has 0 aromatic heterocycles. The van der Waals surface area contributed by atoms with E-state index in [1.807, 2.05) is 13.8 Å². The van der Waals surface area contributed by atoms with Crippen LogP contribution in [0.25, 0.3) is 0 Å². The second-order valence-electron chi connectivity index (χ2n) is 4.45. The van der Waals surface area contributed by atoms with Gasteiger partial charge in [0.25, 0.3) is 0 Å². The van der Waals surface area contributed by atoms with Crippen molar-refractivity contribution in [3.8, 4) is 0 Å². The number of nitrogens with zero attached hydrogens (tertiary/aromatic N) is 1. The van der Waals surface area contributed by atoms with Crippen molar-refractivity contribution < 1.29 is 13.2 Å². The molecule has 1 nitrogen and oxygen atoms in total. The normalized spacial score (nSPS) is 12.4. The van der Waals surface area contributed by atoms with E-state index in [1.54, 1.807) is 0 Å². The first-order valence-corrected chi connectivity index (χ1v) is 6.34. The van der Waals surface area contributed by atoms with E-state index in [9.17, 15) is 13.2 Å². The molecule has 0 aliphatic rings. The Labute approximate surface area is 111 Å². The monoisotopic (exact) mass is 279 g/mol.